The van der Waals surface area contributed by atoms with Crippen LogP contribution in [0.2, 0.25) is 0 Å². The van der Waals surface area contributed by atoms with Gasteiger partial charge in [0.2, 0.25) is 0 Å². The minimum Gasteiger partial charge on any atom is -0.503 e. The Hall–Kier alpha value is -2.32. The highest BCUT2D eigenvalue weighted by Crippen LogP contribution is 2.39. The van der Waals surface area contributed by atoms with Gasteiger partial charge in [0.1, 0.15) is 0 Å². The van der Waals surface area contributed by atoms with Crippen molar-refractivity contribution in [3.05, 3.63) is 41.5 Å². The molecule has 0 heterocycles. The van der Waals surface area contributed by atoms with Crippen LogP contribution < -0.4 is 10.5 Å². The number of nitrogens with two attached hydrogens (primary N) is 1. The van der Waals surface area contributed by atoms with E-state index in [9.17, 15) is 5.11 Å². The fourth-order valence-electron chi connectivity index (χ4n) is 1.78. The first-order valence-corrected chi connectivity index (χ1v) is 6.72. The van der Waals surface area contributed by atoms with Gasteiger partial charge in [0.05, 0.1) is 24.4 Å². The SMILES string of the molecule is COc1cc(Sc2ccc(C#N)cc2C)cc(N)c1O. The number of rotatable bonds is 3. The topological polar surface area (TPSA) is 79.3 Å². The van der Waals surface area contributed by atoms with Gasteiger partial charge in [0, 0.05) is 9.79 Å². The molecular weight excluding hydrogens is 272 g/mol. The Balaban J connectivity index is 2.35. The fourth-order valence-corrected chi connectivity index (χ4v) is 2.74. The van der Waals surface area contributed by atoms with Crippen molar-refractivity contribution in [1.29, 1.82) is 5.26 Å². The summed E-state index contributed by atoms with van der Waals surface area (Å²) in [6.07, 6.45) is 0. The van der Waals surface area contributed by atoms with Crippen LogP contribution >= 0.6 is 11.8 Å². The number of hydrogen-bond donors (Lipinski definition) is 2. The van der Waals surface area contributed by atoms with E-state index >= 15 is 0 Å². The predicted octanol–water partition coefficient (Wildman–Crippen LogP) is 3.31. The van der Waals surface area contributed by atoms with E-state index in [0.717, 1.165) is 15.4 Å². The summed E-state index contributed by atoms with van der Waals surface area (Å²) in [5.74, 6) is 0.298. The first-order valence-electron chi connectivity index (χ1n) is 5.90. The molecule has 3 N–H and O–H groups in total. The van der Waals surface area contributed by atoms with E-state index in [0.29, 0.717) is 11.3 Å². The number of phenolic OH excluding ortho intramolecular Hbond substituents is 1. The first kappa shape index (κ1) is 14.1. The normalized spacial score (nSPS) is 10.1. The van der Waals surface area contributed by atoms with E-state index < -0.39 is 0 Å². The van der Waals surface area contributed by atoms with Gasteiger partial charge in [-0.3, -0.25) is 0 Å². The molecule has 0 saturated heterocycles. The van der Waals surface area contributed by atoms with Gasteiger partial charge in [0.25, 0.3) is 0 Å². The number of methoxy groups -OCH3 is 1. The summed E-state index contributed by atoms with van der Waals surface area (Å²) >= 11 is 1.51. The van der Waals surface area contributed by atoms with Crippen molar-refractivity contribution in [2.75, 3.05) is 12.8 Å². The lowest BCUT2D eigenvalue weighted by Gasteiger charge is -2.10. The van der Waals surface area contributed by atoms with Crippen LogP contribution in [0.15, 0.2) is 40.1 Å². The molecule has 2 aromatic rings. The zero-order valence-corrected chi connectivity index (χ0v) is 12.0. The summed E-state index contributed by atoms with van der Waals surface area (Å²) in [7, 11) is 1.48. The molecule has 0 atom stereocenters. The number of phenols is 1. The number of aromatic hydroxyl groups is 1. The standard InChI is InChI=1S/C15H14N2O2S/c1-9-5-10(8-16)3-4-14(9)20-11-6-12(17)15(18)13(7-11)19-2/h3-7,18H,17H2,1-2H3. The molecule has 0 aromatic heterocycles. The summed E-state index contributed by atoms with van der Waals surface area (Å²) in [5, 5.41) is 18.6. The third-order valence-electron chi connectivity index (χ3n) is 2.83. The Morgan fingerprint density at radius 3 is 2.65 bits per heavy atom. The molecule has 0 spiro atoms. The molecule has 0 aliphatic heterocycles. The second-order valence-corrected chi connectivity index (χ2v) is 5.37. The van der Waals surface area contributed by atoms with Crippen LogP contribution in [0.25, 0.3) is 0 Å². The highest BCUT2D eigenvalue weighted by Gasteiger charge is 2.10. The smallest absolute Gasteiger partial charge is 0.181 e. The number of anilines is 1. The number of nitrogens with zero attached hydrogens (tertiary/aromatic N) is 1. The molecule has 0 aliphatic rings. The van der Waals surface area contributed by atoms with Crippen LogP contribution in [-0.4, -0.2) is 12.2 Å². The van der Waals surface area contributed by atoms with Gasteiger partial charge >= 0.3 is 0 Å². The average molecular weight is 286 g/mol. The van der Waals surface area contributed by atoms with E-state index in [1.165, 1.54) is 18.9 Å². The second kappa shape index (κ2) is 5.76. The van der Waals surface area contributed by atoms with E-state index in [1.54, 1.807) is 18.2 Å². The highest BCUT2D eigenvalue weighted by molar-refractivity contribution is 7.99. The number of hydrogen-bond acceptors (Lipinski definition) is 5. The Bertz CT molecular complexity index is 693. The van der Waals surface area contributed by atoms with Crippen molar-refractivity contribution < 1.29 is 9.84 Å². The van der Waals surface area contributed by atoms with Gasteiger partial charge in [-0.05, 0) is 42.8 Å². The second-order valence-electron chi connectivity index (χ2n) is 4.26. The van der Waals surface area contributed by atoms with Crippen molar-refractivity contribution in [1.82, 2.24) is 0 Å². The van der Waals surface area contributed by atoms with Crippen molar-refractivity contribution in [3.63, 3.8) is 0 Å². The Morgan fingerprint density at radius 1 is 1.30 bits per heavy atom. The number of nitriles is 1. The van der Waals surface area contributed by atoms with Gasteiger partial charge in [-0.15, -0.1) is 0 Å². The van der Waals surface area contributed by atoms with Crippen LogP contribution in [0.4, 0.5) is 5.69 Å². The van der Waals surface area contributed by atoms with E-state index in [-0.39, 0.29) is 11.4 Å². The van der Waals surface area contributed by atoms with Gasteiger partial charge in [0.15, 0.2) is 11.5 Å². The zero-order chi connectivity index (χ0) is 14.7. The third-order valence-corrected chi connectivity index (χ3v) is 3.98. The Morgan fingerprint density at radius 2 is 2.05 bits per heavy atom. The van der Waals surface area contributed by atoms with Crippen molar-refractivity contribution in [3.8, 4) is 17.6 Å². The first-order chi connectivity index (χ1) is 9.55. The predicted molar refractivity (Wildman–Crippen MR) is 79.1 cm³/mol. The molecule has 0 amide bonds. The summed E-state index contributed by atoms with van der Waals surface area (Å²) < 4.78 is 5.08. The zero-order valence-electron chi connectivity index (χ0n) is 11.2. The van der Waals surface area contributed by atoms with Crippen LogP contribution in [0.5, 0.6) is 11.5 Å². The number of aryl methyl sites for hydroxylation is 1. The van der Waals surface area contributed by atoms with Crippen molar-refractivity contribution in [2.24, 2.45) is 0 Å². The van der Waals surface area contributed by atoms with Gasteiger partial charge in [-0.1, -0.05) is 11.8 Å². The molecule has 0 fully saturated rings. The highest BCUT2D eigenvalue weighted by atomic mass is 32.2. The Labute approximate surface area is 121 Å². The van der Waals surface area contributed by atoms with E-state index in [1.807, 2.05) is 19.1 Å². The van der Waals surface area contributed by atoms with Gasteiger partial charge in [-0.25, -0.2) is 0 Å². The maximum atomic E-state index is 9.72. The summed E-state index contributed by atoms with van der Waals surface area (Å²) in [4.78, 5) is 1.89. The summed E-state index contributed by atoms with van der Waals surface area (Å²) in [6, 6.07) is 11.0. The average Bonchev–Trinajstić information content (AvgIpc) is 2.44. The molecule has 0 bridgehead atoms. The number of nitrogen functional groups attached to an aromatic ring is 1. The summed E-state index contributed by atoms with van der Waals surface area (Å²) in [6.45, 7) is 1.95. The molecule has 2 rings (SSSR count). The van der Waals surface area contributed by atoms with E-state index in [2.05, 4.69) is 6.07 Å². The molecule has 4 nitrogen and oxygen atoms in total. The number of ether oxygens (including phenoxy) is 1. The maximum absolute atomic E-state index is 9.72. The molecular formula is C15H14N2O2S. The molecule has 5 heteroatoms. The van der Waals surface area contributed by atoms with Crippen LogP contribution in [0.1, 0.15) is 11.1 Å². The quantitative estimate of drug-likeness (QED) is 0.668. The van der Waals surface area contributed by atoms with Crippen LogP contribution in [0, 0.1) is 18.3 Å². The minimum absolute atomic E-state index is 0.0478. The lowest BCUT2D eigenvalue weighted by atomic mass is 10.2. The Kier molecular flexibility index (Phi) is 4.06. The van der Waals surface area contributed by atoms with Gasteiger partial charge in [-0.2, -0.15) is 5.26 Å². The monoisotopic (exact) mass is 286 g/mol. The molecule has 0 unspecified atom stereocenters. The lowest BCUT2D eigenvalue weighted by Crippen LogP contribution is -1.91. The molecule has 102 valence electrons. The number of benzene rings is 2. The lowest BCUT2D eigenvalue weighted by molar-refractivity contribution is 0.373. The van der Waals surface area contributed by atoms with Crippen molar-refractivity contribution >= 4 is 17.4 Å². The molecule has 0 radical (unpaired) electrons. The molecule has 2 aromatic carbocycles. The maximum Gasteiger partial charge on any atom is 0.181 e. The molecule has 0 saturated carbocycles. The van der Waals surface area contributed by atoms with Crippen molar-refractivity contribution in [2.45, 2.75) is 16.7 Å². The summed E-state index contributed by atoms with van der Waals surface area (Å²) in [5.41, 5.74) is 7.67. The van der Waals surface area contributed by atoms with E-state index in [4.69, 9.17) is 15.7 Å². The fraction of sp³-hybridized carbons (Fsp3) is 0.133. The minimum atomic E-state index is -0.0478. The van der Waals surface area contributed by atoms with Crippen LogP contribution in [-0.2, 0) is 0 Å². The third kappa shape index (κ3) is 2.81. The molecule has 20 heavy (non-hydrogen) atoms. The molecule has 0 aliphatic carbocycles. The largest absolute Gasteiger partial charge is 0.503 e. The van der Waals surface area contributed by atoms with Crippen LogP contribution in [0.3, 0.4) is 0 Å². The van der Waals surface area contributed by atoms with Gasteiger partial charge < -0.3 is 15.6 Å².